The molecular weight excluding hydrogens is 522 g/mol. The first-order valence-electron chi connectivity index (χ1n) is 13.6. The van der Waals surface area contributed by atoms with Crippen LogP contribution in [0.2, 0.25) is 5.02 Å². The molecule has 1 aliphatic heterocycles. The zero-order chi connectivity index (χ0) is 28.2. The van der Waals surface area contributed by atoms with Crippen molar-refractivity contribution in [2.24, 2.45) is 0 Å². The molecule has 4 aromatic carbocycles. The molecule has 0 fully saturated rings. The van der Waals surface area contributed by atoms with E-state index in [0.29, 0.717) is 22.7 Å². The van der Waals surface area contributed by atoms with Gasteiger partial charge in [0.1, 0.15) is 12.6 Å². The van der Waals surface area contributed by atoms with E-state index in [1.165, 1.54) is 4.90 Å². The van der Waals surface area contributed by atoms with Crippen LogP contribution in [0.4, 0.5) is 5.69 Å². The summed E-state index contributed by atoms with van der Waals surface area (Å²) in [6, 6.07) is 27.4. The van der Waals surface area contributed by atoms with Crippen molar-refractivity contribution in [3.63, 3.8) is 0 Å². The summed E-state index contributed by atoms with van der Waals surface area (Å²) in [5, 5.41) is 5.42. The maximum Gasteiger partial charge on any atom is 0.259 e. The zero-order valence-electron chi connectivity index (χ0n) is 22.6. The van der Waals surface area contributed by atoms with Gasteiger partial charge in [-0.05, 0) is 54.1 Å². The molecule has 2 atom stereocenters. The van der Waals surface area contributed by atoms with Crippen molar-refractivity contribution in [1.82, 2.24) is 10.2 Å². The van der Waals surface area contributed by atoms with Gasteiger partial charge >= 0.3 is 0 Å². The third-order valence-corrected chi connectivity index (χ3v) is 7.69. The highest BCUT2D eigenvalue weighted by atomic mass is 35.5. The van der Waals surface area contributed by atoms with E-state index in [2.05, 4.69) is 5.32 Å². The largest absolute Gasteiger partial charge is 0.352 e. The van der Waals surface area contributed by atoms with Crippen LogP contribution in [-0.2, 0) is 22.6 Å². The SMILES string of the molecule is CC[C@@H](C)NC(=O)[C@H](Cc1ccccc1)N(Cc1cccc(Cl)c1)C(=O)CN1C(=O)c2cccc3cccc1c23. The summed E-state index contributed by atoms with van der Waals surface area (Å²) < 4.78 is 0. The van der Waals surface area contributed by atoms with Crippen LogP contribution in [0.1, 0.15) is 41.8 Å². The van der Waals surface area contributed by atoms with Gasteiger partial charge in [0.05, 0.1) is 5.69 Å². The number of hydrogen-bond acceptors (Lipinski definition) is 3. The standard InChI is InChI=1S/C33H32ClN3O3/c1-3-22(2)35-32(39)29(19-23-10-5-4-6-11-23)36(20-24-12-7-15-26(34)18-24)30(38)21-37-28-17-9-14-25-13-8-16-27(31(25)28)33(37)40/h4-18,22,29H,3,19-21H2,1-2H3,(H,35,39)/t22-,29+/m1/s1. The molecule has 204 valence electrons. The molecule has 40 heavy (non-hydrogen) atoms. The Morgan fingerprint density at radius 3 is 2.35 bits per heavy atom. The molecule has 0 aromatic heterocycles. The zero-order valence-corrected chi connectivity index (χ0v) is 23.4. The number of rotatable bonds is 10. The number of nitrogens with zero attached hydrogens (tertiary/aromatic N) is 2. The number of amides is 3. The van der Waals surface area contributed by atoms with Crippen LogP contribution in [0.15, 0.2) is 91.0 Å². The minimum Gasteiger partial charge on any atom is -0.352 e. The normalized spacial score (nSPS) is 13.8. The van der Waals surface area contributed by atoms with Crippen LogP contribution in [0.3, 0.4) is 0 Å². The highest BCUT2D eigenvalue weighted by Gasteiger charge is 2.36. The predicted molar refractivity (Wildman–Crippen MR) is 159 cm³/mol. The van der Waals surface area contributed by atoms with Gasteiger partial charge in [0, 0.05) is 35.0 Å². The van der Waals surface area contributed by atoms with Crippen molar-refractivity contribution in [3.8, 4) is 0 Å². The quantitative estimate of drug-likeness (QED) is 0.261. The first-order chi connectivity index (χ1) is 19.4. The second-order valence-corrected chi connectivity index (χ2v) is 10.7. The van der Waals surface area contributed by atoms with Crippen LogP contribution in [-0.4, -0.2) is 41.2 Å². The Labute approximate surface area is 239 Å². The van der Waals surface area contributed by atoms with Crippen LogP contribution < -0.4 is 10.2 Å². The molecule has 0 unspecified atom stereocenters. The van der Waals surface area contributed by atoms with Crippen LogP contribution >= 0.6 is 11.6 Å². The molecule has 0 spiro atoms. The minimum atomic E-state index is -0.793. The second-order valence-electron chi connectivity index (χ2n) is 10.2. The van der Waals surface area contributed by atoms with E-state index in [1.54, 1.807) is 23.1 Å². The monoisotopic (exact) mass is 553 g/mol. The lowest BCUT2D eigenvalue weighted by molar-refractivity contribution is -0.140. The fourth-order valence-electron chi connectivity index (χ4n) is 5.19. The average molecular weight is 554 g/mol. The van der Waals surface area contributed by atoms with Gasteiger partial charge in [-0.15, -0.1) is 0 Å². The number of carbonyl (C=O) groups is 3. The number of benzene rings is 4. The van der Waals surface area contributed by atoms with E-state index in [0.717, 1.165) is 28.3 Å². The molecule has 0 saturated carbocycles. The molecule has 5 rings (SSSR count). The van der Waals surface area contributed by atoms with E-state index < -0.39 is 6.04 Å². The van der Waals surface area contributed by atoms with Crippen molar-refractivity contribution in [2.75, 3.05) is 11.4 Å². The Morgan fingerprint density at radius 1 is 0.925 bits per heavy atom. The number of anilines is 1. The topological polar surface area (TPSA) is 69.7 Å². The Morgan fingerprint density at radius 2 is 1.62 bits per heavy atom. The van der Waals surface area contributed by atoms with Crippen LogP contribution in [0.25, 0.3) is 10.8 Å². The molecule has 4 aromatic rings. The summed E-state index contributed by atoms with van der Waals surface area (Å²) in [6.45, 7) is 3.93. The Kier molecular flexibility index (Phi) is 8.17. The van der Waals surface area contributed by atoms with Gasteiger partial charge < -0.3 is 10.2 Å². The molecule has 6 nitrogen and oxygen atoms in total. The van der Waals surface area contributed by atoms with Gasteiger partial charge in [0.25, 0.3) is 5.91 Å². The van der Waals surface area contributed by atoms with E-state index in [-0.39, 0.29) is 36.9 Å². The fraction of sp³-hybridized carbons (Fsp3) is 0.242. The van der Waals surface area contributed by atoms with Gasteiger partial charge in [-0.25, -0.2) is 0 Å². The Hall–Kier alpha value is -4.16. The third kappa shape index (κ3) is 5.73. The molecule has 1 aliphatic rings. The first kappa shape index (κ1) is 27.4. The molecule has 0 radical (unpaired) electrons. The maximum absolute atomic E-state index is 14.2. The van der Waals surface area contributed by atoms with Gasteiger partial charge in [-0.2, -0.15) is 0 Å². The highest BCUT2D eigenvalue weighted by molar-refractivity contribution is 6.30. The van der Waals surface area contributed by atoms with Crippen LogP contribution in [0, 0.1) is 0 Å². The summed E-state index contributed by atoms with van der Waals surface area (Å²) in [5.74, 6) is -0.767. The van der Waals surface area contributed by atoms with Crippen molar-refractivity contribution in [2.45, 2.75) is 45.3 Å². The minimum absolute atomic E-state index is 0.0545. The number of carbonyl (C=O) groups excluding carboxylic acids is 3. The lowest BCUT2D eigenvalue weighted by atomic mass is 10.0. The number of halogens is 1. The molecule has 7 heteroatoms. The van der Waals surface area contributed by atoms with E-state index >= 15 is 0 Å². The first-order valence-corrected chi connectivity index (χ1v) is 13.9. The van der Waals surface area contributed by atoms with Crippen molar-refractivity contribution >= 4 is 45.8 Å². The summed E-state index contributed by atoms with van der Waals surface area (Å²) in [4.78, 5) is 44.5. The molecule has 1 N–H and O–H groups in total. The number of hydrogen-bond donors (Lipinski definition) is 1. The molecule has 0 aliphatic carbocycles. The second kappa shape index (κ2) is 11.9. The average Bonchev–Trinajstić information content (AvgIpc) is 3.23. The maximum atomic E-state index is 14.2. The Balaban J connectivity index is 1.51. The van der Waals surface area contributed by atoms with Crippen LogP contribution in [0.5, 0.6) is 0 Å². The molecule has 0 bridgehead atoms. The van der Waals surface area contributed by atoms with Gasteiger partial charge in [-0.1, -0.05) is 85.3 Å². The summed E-state index contributed by atoms with van der Waals surface area (Å²) in [6.07, 6.45) is 1.09. The van der Waals surface area contributed by atoms with Crippen molar-refractivity contribution in [1.29, 1.82) is 0 Å². The van der Waals surface area contributed by atoms with Crippen molar-refractivity contribution < 1.29 is 14.4 Å². The van der Waals surface area contributed by atoms with E-state index in [4.69, 9.17) is 11.6 Å². The summed E-state index contributed by atoms with van der Waals surface area (Å²) in [7, 11) is 0. The number of nitrogens with one attached hydrogen (secondary N) is 1. The van der Waals surface area contributed by atoms with Gasteiger partial charge in [0.15, 0.2) is 0 Å². The predicted octanol–water partition coefficient (Wildman–Crippen LogP) is 6.01. The highest BCUT2D eigenvalue weighted by Crippen LogP contribution is 2.37. The van der Waals surface area contributed by atoms with Gasteiger partial charge in [0.2, 0.25) is 11.8 Å². The molecule has 3 amide bonds. The molecular formula is C33H32ClN3O3. The smallest absolute Gasteiger partial charge is 0.259 e. The van der Waals surface area contributed by atoms with E-state index in [1.807, 2.05) is 86.6 Å². The molecule has 0 saturated heterocycles. The van der Waals surface area contributed by atoms with E-state index in [9.17, 15) is 14.4 Å². The lowest BCUT2D eigenvalue weighted by Crippen LogP contribution is -2.54. The molecule has 1 heterocycles. The fourth-order valence-corrected chi connectivity index (χ4v) is 5.40. The van der Waals surface area contributed by atoms with Gasteiger partial charge in [-0.3, -0.25) is 19.3 Å². The summed E-state index contributed by atoms with van der Waals surface area (Å²) in [5.41, 5.74) is 3.02. The lowest BCUT2D eigenvalue weighted by Gasteiger charge is -2.33. The van der Waals surface area contributed by atoms with Crippen molar-refractivity contribution in [3.05, 3.63) is 113 Å². The third-order valence-electron chi connectivity index (χ3n) is 7.46. The summed E-state index contributed by atoms with van der Waals surface area (Å²) >= 11 is 6.29. The Bertz CT molecular complexity index is 1550.